The number of hydrogen-bond donors (Lipinski definition) is 1. The number of fused-ring (bicyclic) bond motifs is 1. The van der Waals surface area contributed by atoms with Crippen LogP contribution in [0, 0.1) is 0 Å². The summed E-state index contributed by atoms with van der Waals surface area (Å²) in [7, 11) is 0. The first-order valence-corrected chi connectivity index (χ1v) is 3.41. The maximum Gasteiger partial charge on any atom is 0.234 e. The van der Waals surface area contributed by atoms with Crippen molar-refractivity contribution in [3.8, 4) is 0 Å². The van der Waals surface area contributed by atoms with E-state index in [1.807, 2.05) is 6.92 Å². The molecule has 2 heterocycles. The molecule has 11 heavy (non-hydrogen) atoms. The second kappa shape index (κ2) is 2.02. The number of rotatable bonds is 0. The van der Waals surface area contributed by atoms with Crippen LogP contribution in [0.5, 0.6) is 0 Å². The zero-order valence-corrected chi connectivity index (χ0v) is 6.03. The Morgan fingerprint density at radius 2 is 2.18 bits per heavy atom. The van der Waals surface area contributed by atoms with Gasteiger partial charge in [-0.05, 0) is 6.92 Å². The Labute approximate surface area is 63.7 Å². The highest BCUT2D eigenvalue weighted by Crippen LogP contribution is 2.26. The summed E-state index contributed by atoms with van der Waals surface area (Å²) in [5, 5.41) is 2.63. The molecule has 1 aromatic rings. The van der Waals surface area contributed by atoms with E-state index in [2.05, 4.69) is 15.3 Å². The van der Waals surface area contributed by atoms with Crippen LogP contribution in [0.4, 0.5) is 5.82 Å². The quantitative estimate of drug-likeness (QED) is 0.585. The van der Waals surface area contributed by atoms with Gasteiger partial charge in [0.1, 0.15) is 0 Å². The lowest BCUT2D eigenvalue weighted by atomic mass is 10.1. The van der Waals surface area contributed by atoms with Crippen molar-refractivity contribution in [2.75, 3.05) is 5.32 Å². The van der Waals surface area contributed by atoms with Gasteiger partial charge in [-0.3, -0.25) is 9.78 Å². The third kappa shape index (κ3) is 0.790. The minimum atomic E-state index is -0.154. The van der Waals surface area contributed by atoms with Gasteiger partial charge in [0, 0.05) is 12.4 Å². The fourth-order valence-corrected chi connectivity index (χ4v) is 1.11. The Morgan fingerprint density at radius 3 is 2.91 bits per heavy atom. The Balaban J connectivity index is 2.55. The minimum Gasteiger partial charge on any atom is -0.309 e. The number of carbonyl (C=O) groups is 1. The fourth-order valence-electron chi connectivity index (χ4n) is 1.11. The van der Waals surface area contributed by atoms with Crippen molar-refractivity contribution >= 4 is 11.7 Å². The lowest BCUT2D eigenvalue weighted by Gasteiger charge is -1.95. The molecular formula is C7H7N3O. The van der Waals surface area contributed by atoms with Gasteiger partial charge in [0.25, 0.3) is 0 Å². The highest BCUT2D eigenvalue weighted by molar-refractivity contribution is 6.00. The van der Waals surface area contributed by atoms with E-state index in [9.17, 15) is 4.79 Å². The van der Waals surface area contributed by atoms with Gasteiger partial charge in [0.2, 0.25) is 5.91 Å². The SMILES string of the molecule is CC1C(=O)Nc2nccnc21. The second-order valence-corrected chi connectivity index (χ2v) is 2.50. The second-order valence-electron chi connectivity index (χ2n) is 2.50. The number of carbonyl (C=O) groups excluding carboxylic acids is 1. The maximum absolute atomic E-state index is 11.0. The van der Waals surface area contributed by atoms with Crippen LogP contribution in [-0.2, 0) is 4.79 Å². The summed E-state index contributed by atoms with van der Waals surface area (Å²) in [5.74, 6) is 0.426. The number of nitrogens with one attached hydrogen (secondary N) is 1. The zero-order chi connectivity index (χ0) is 7.84. The summed E-state index contributed by atoms with van der Waals surface area (Å²) >= 11 is 0. The summed E-state index contributed by atoms with van der Waals surface area (Å²) in [6, 6.07) is 0. The summed E-state index contributed by atoms with van der Waals surface area (Å²) < 4.78 is 0. The van der Waals surface area contributed by atoms with E-state index in [0.29, 0.717) is 5.82 Å². The van der Waals surface area contributed by atoms with Crippen LogP contribution < -0.4 is 5.32 Å². The smallest absolute Gasteiger partial charge is 0.234 e. The van der Waals surface area contributed by atoms with Gasteiger partial charge < -0.3 is 5.32 Å². The third-order valence-electron chi connectivity index (χ3n) is 1.77. The van der Waals surface area contributed by atoms with Crippen molar-refractivity contribution in [1.82, 2.24) is 9.97 Å². The van der Waals surface area contributed by atoms with Gasteiger partial charge >= 0.3 is 0 Å². The molecule has 4 heteroatoms. The van der Waals surface area contributed by atoms with Gasteiger partial charge in [0.15, 0.2) is 5.82 Å². The first kappa shape index (κ1) is 6.27. The normalized spacial score (nSPS) is 21.2. The van der Waals surface area contributed by atoms with Crippen LogP contribution in [0.1, 0.15) is 18.5 Å². The first-order chi connectivity index (χ1) is 5.29. The number of anilines is 1. The molecule has 1 aromatic heterocycles. The summed E-state index contributed by atoms with van der Waals surface area (Å²) in [6.07, 6.45) is 3.16. The molecule has 0 saturated carbocycles. The molecule has 0 fully saturated rings. The van der Waals surface area contributed by atoms with Crippen molar-refractivity contribution in [3.05, 3.63) is 18.1 Å². The van der Waals surface area contributed by atoms with Gasteiger partial charge in [-0.25, -0.2) is 4.98 Å². The van der Waals surface area contributed by atoms with E-state index in [1.165, 1.54) is 0 Å². The van der Waals surface area contributed by atoms with Crippen LogP contribution in [0.3, 0.4) is 0 Å². The molecule has 0 aromatic carbocycles. The molecule has 56 valence electrons. The van der Waals surface area contributed by atoms with Crippen LogP contribution in [0.25, 0.3) is 0 Å². The van der Waals surface area contributed by atoms with Gasteiger partial charge in [-0.15, -0.1) is 0 Å². The van der Waals surface area contributed by atoms with Gasteiger partial charge in [0.05, 0.1) is 11.6 Å². The summed E-state index contributed by atoms with van der Waals surface area (Å²) in [6.45, 7) is 1.82. The Morgan fingerprint density at radius 1 is 1.45 bits per heavy atom. The van der Waals surface area contributed by atoms with Gasteiger partial charge in [-0.2, -0.15) is 0 Å². The van der Waals surface area contributed by atoms with Crippen molar-refractivity contribution in [3.63, 3.8) is 0 Å². The average molecular weight is 149 g/mol. The van der Waals surface area contributed by atoms with Gasteiger partial charge in [-0.1, -0.05) is 0 Å². The Bertz CT molecular complexity index is 310. The van der Waals surface area contributed by atoms with Crippen LogP contribution >= 0.6 is 0 Å². The van der Waals surface area contributed by atoms with E-state index >= 15 is 0 Å². The molecule has 1 aliphatic rings. The van der Waals surface area contributed by atoms with E-state index in [0.717, 1.165) is 5.69 Å². The zero-order valence-electron chi connectivity index (χ0n) is 6.03. The van der Waals surface area contributed by atoms with Crippen molar-refractivity contribution in [2.24, 2.45) is 0 Å². The van der Waals surface area contributed by atoms with E-state index in [-0.39, 0.29) is 11.8 Å². The van der Waals surface area contributed by atoms with Crippen molar-refractivity contribution in [2.45, 2.75) is 12.8 Å². The van der Waals surface area contributed by atoms with Crippen LogP contribution in [0.15, 0.2) is 12.4 Å². The van der Waals surface area contributed by atoms with E-state index in [4.69, 9.17) is 0 Å². The lowest BCUT2D eigenvalue weighted by Crippen LogP contribution is -2.08. The molecule has 2 rings (SSSR count). The first-order valence-electron chi connectivity index (χ1n) is 3.41. The predicted octanol–water partition coefficient (Wildman–Crippen LogP) is 0.532. The lowest BCUT2D eigenvalue weighted by molar-refractivity contribution is -0.116. The number of amides is 1. The third-order valence-corrected chi connectivity index (χ3v) is 1.77. The standard InChI is InChI=1S/C7H7N3O/c1-4-5-6(10-7(4)11)9-3-2-8-5/h2-4H,1H3,(H,9,10,11). The van der Waals surface area contributed by atoms with Crippen molar-refractivity contribution < 1.29 is 4.79 Å². The molecule has 0 bridgehead atoms. The highest BCUT2D eigenvalue weighted by atomic mass is 16.2. The monoisotopic (exact) mass is 149 g/mol. The molecule has 0 radical (unpaired) electrons. The highest BCUT2D eigenvalue weighted by Gasteiger charge is 2.28. The van der Waals surface area contributed by atoms with Crippen LogP contribution in [0.2, 0.25) is 0 Å². The van der Waals surface area contributed by atoms with E-state index < -0.39 is 0 Å². The van der Waals surface area contributed by atoms with E-state index in [1.54, 1.807) is 12.4 Å². The van der Waals surface area contributed by atoms with Crippen LogP contribution in [-0.4, -0.2) is 15.9 Å². The van der Waals surface area contributed by atoms with Crippen molar-refractivity contribution in [1.29, 1.82) is 0 Å². The Kier molecular flexibility index (Phi) is 1.15. The molecule has 1 N–H and O–H groups in total. The number of aromatic nitrogens is 2. The molecular weight excluding hydrogens is 142 g/mol. The topological polar surface area (TPSA) is 54.9 Å². The molecule has 1 amide bonds. The minimum absolute atomic E-state index is 0.0220. The number of nitrogens with zero attached hydrogens (tertiary/aromatic N) is 2. The largest absolute Gasteiger partial charge is 0.309 e. The molecule has 1 unspecified atom stereocenters. The predicted molar refractivity (Wildman–Crippen MR) is 39.1 cm³/mol. The summed E-state index contributed by atoms with van der Waals surface area (Å²) in [4.78, 5) is 19.1. The summed E-state index contributed by atoms with van der Waals surface area (Å²) in [5.41, 5.74) is 0.748. The fraction of sp³-hybridized carbons (Fsp3) is 0.286. The number of hydrogen-bond acceptors (Lipinski definition) is 3. The molecule has 1 atom stereocenters. The molecule has 0 spiro atoms. The molecule has 4 nitrogen and oxygen atoms in total. The molecule has 1 aliphatic heterocycles. The Hall–Kier alpha value is -1.45. The average Bonchev–Trinajstić information content (AvgIpc) is 2.30. The molecule has 0 aliphatic carbocycles. The maximum atomic E-state index is 11.0. The molecule has 0 saturated heterocycles.